The Balaban J connectivity index is 2.03. The van der Waals surface area contributed by atoms with Gasteiger partial charge >= 0.3 is 0 Å². The van der Waals surface area contributed by atoms with Crippen LogP contribution in [-0.2, 0) is 9.53 Å². The summed E-state index contributed by atoms with van der Waals surface area (Å²) < 4.78 is 4.83. The third-order valence-electron chi connectivity index (χ3n) is 1.79. The lowest BCUT2D eigenvalue weighted by Crippen LogP contribution is -2.32. The topological polar surface area (TPSA) is 38.3 Å². The van der Waals surface area contributed by atoms with Crippen molar-refractivity contribution in [3.05, 3.63) is 0 Å². The third kappa shape index (κ3) is 3.41. The van der Waals surface area contributed by atoms with E-state index in [1.807, 2.05) is 0 Å². The SMILES string of the molecule is COCC(Cl)CNC(=O)C1CC1. The largest absolute Gasteiger partial charge is 0.383 e. The second-order valence-electron chi connectivity index (χ2n) is 3.07. The van der Waals surface area contributed by atoms with Crippen molar-refractivity contribution in [2.24, 2.45) is 5.92 Å². The summed E-state index contributed by atoms with van der Waals surface area (Å²) in [5.41, 5.74) is 0. The highest BCUT2D eigenvalue weighted by Crippen LogP contribution is 2.28. The molecule has 0 bridgehead atoms. The van der Waals surface area contributed by atoms with E-state index >= 15 is 0 Å². The summed E-state index contributed by atoms with van der Waals surface area (Å²) >= 11 is 5.81. The van der Waals surface area contributed by atoms with Crippen molar-refractivity contribution in [2.45, 2.75) is 18.2 Å². The summed E-state index contributed by atoms with van der Waals surface area (Å²) in [6.07, 6.45) is 2.06. The summed E-state index contributed by atoms with van der Waals surface area (Å²) in [5, 5.41) is 2.67. The van der Waals surface area contributed by atoms with E-state index in [4.69, 9.17) is 16.3 Å². The summed E-state index contributed by atoms with van der Waals surface area (Å²) in [6.45, 7) is 0.983. The number of rotatable bonds is 5. The molecule has 1 saturated carbocycles. The van der Waals surface area contributed by atoms with Crippen molar-refractivity contribution in [1.82, 2.24) is 5.32 Å². The Bertz CT molecular complexity index is 159. The predicted molar refractivity (Wildman–Crippen MR) is 47.3 cm³/mol. The minimum Gasteiger partial charge on any atom is -0.383 e. The number of hydrogen-bond acceptors (Lipinski definition) is 2. The van der Waals surface area contributed by atoms with Gasteiger partial charge in [-0.25, -0.2) is 0 Å². The molecule has 4 heteroatoms. The molecule has 70 valence electrons. The molecule has 1 N–H and O–H groups in total. The molecule has 0 spiro atoms. The van der Waals surface area contributed by atoms with Crippen molar-refractivity contribution >= 4 is 17.5 Å². The molecule has 1 amide bonds. The minimum absolute atomic E-state index is 0.113. The molecule has 1 aliphatic carbocycles. The number of methoxy groups -OCH3 is 1. The molecule has 1 aliphatic rings. The molecule has 0 aliphatic heterocycles. The van der Waals surface area contributed by atoms with E-state index < -0.39 is 0 Å². The summed E-state index contributed by atoms with van der Waals surface area (Å²) in [6, 6.07) is 0. The van der Waals surface area contributed by atoms with Crippen molar-refractivity contribution < 1.29 is 9.53 Å². The third-order valence-corrected chi connectivity index (χ3v) is 2.07. The quantitative estimate of drug-likeness (QED) is 0.652. The van der Waals surface area contributed by atoms with E-state index in [0.29, 0.717) is 13.2 Å². The lowest BCUT2D eigenvalue weighted by atomic mass is 10.3. The highest BCUT2D eigenvalue weighted by molar-refractivity contribution is 6.21. The minimum atomic E-state index is -0.113. The van der Waals surface area contributed by atoms with Crippen LogP contribution in [0.5, 0.6) is 0 Å². The van der Waals surface area contributed by atoms with Crippen molar-refractivity contribution in [2.75, 3.05) is 20.3 Å². The predicted octanol–water partition coefficient (Wildman–Crippen LogP) is 0.766. The van der Waals surface area contributed by atoms with Crippen LogP contribution in [0, 0.1) is 5.92 Å². The first-order chi connectivity index (χ1) is 5.74. The Morgan fingerprint density at radius 2 is 2.42 bits per heavy atom. The second-order valence-corrected chi connectivity index (χ2v) is 3.69. The van der Waals surface area contributed by atoms with Gasteiger partial charge in [0.15, 0.2) is 0 Å². The maximum atomic E-state index is 11.1. The van der Waals surface area contributed by atoms with Gasteiger partial charge in [-0.05, 0) is 12.8 Å². The fraction of sp³-hybridized carbons (Fsp3) is 0.875. The summed E-state index contributed by atoms with van der Waals surface area (Å²) in [7, 11) is 1.60. The Morgan fingerprint density at radius 1 is 1.75 bits per heavy atom. The highest BCUT2D eigenvalue weighted by atomic mass is 35.5. The first-order valence-corrected chi connectivity index (χ1v) is 4.58. The fourth-order valence-electron chi connectivity index (χ4n) is 0.941. The van der Waals surface area contributed by atoms with Crippen LogP contribution in [0.4, 0.5) is 0 Å². The molecule has 1 unspecified atom stereocenters. The van der Waals surface area contributed by atoms with Gasteiger partial charge in [0.05, 0.1) is 12.0 Å². The van der Waals surface area contributed by atoms with E-state index in [1.54, 1.807) is 7.11 Å². The molecule has 0 aromatic rings. The Labute approximate surface area is 77.4 Å². The molecule has 1 rings (SSSR count). The van der Waals surface area contributed by atoms with Crippen LogP contribution >= 0.6 is 11.6 Å². The molecule has 1 fully saturated rings. The molecule has 0 saturated heterocycles. The molecule has 0 aromatic heterocycles. The number of amides is 1. The van der Waals surface area contributed by atoms with Gasteiger partial charge in [0.2, 0.25) is 5.91 Å². The second kappa shape index (κ2) is 4.67. The number of carbonyl (C=O) groups is 1. The van der Waals surface area contributed by atoms with E-state index in [0.717, 1.165) is 12.8 Å². The molecule has 1 atom stereocenters. The molecular weight excluding hydrogens is 178 g/mol. The van der Waals surface area contributed by atoms with Crippen LogP contribution < -0.4 is 5.32 Å². The fourth-order valence-corrected chi connectivity index (χ4v) is 1.14. The lowest BCUT2D eigenvalue weighted by molar-refractivity contribution is -0.122. The average Bonchev–Trinajstić information content (AvgIpc) is 2.83. The van der Waals surface area contributed by atoms with Gasteiger partial charge in [-0.3, -0.25) is 4.79 Å². The Kier molecular flexibility index (Phi) is 3.82. The zero-order valence-electron chi connectivity index (χ0n) is 7.18. The molecule has 0 heterocycles. The zero-order valence-corrected chi connectivity index (χ0v) is 7.93. The average molecular weight is 192 g/mol. The maximum absolute atomic E-state index is 11.1. The zero-order chi connectivity index (χ0) is 8.97. The number of ether oxygens (including phenoxy) is 1. The maximum Gasteiger partial charge on any atom is 0.223 e. The van der Waals surface area contributed by atoms with Gasteiger partial charge in [0.25, 0.3) is 0 Å². The van der Waals surface area contributed by atoms with Crippen LogP contribution in [0.15, 0.2) is 0 Å². The number of nitrogens with one attached hydrogen (secondary N) is 1. The van der Waals surface area contributed by atoms with E-state index in [9.17, 15) is 4.79 Å². The van der Waals surface area contributed by atoms with Crippen LogP contribution in [-0.4, -0.2) is 31.5 Å². The molecule has 0 aromatic carbocycles. The normalized spacial score (nSPS) is 18.8. The van der Waals surface area contributed by atoms with E-state index in [1.165, 1.54) is 0 Å². The van der Waals surface area contributed by atoms with Gasteiger partial charge < -0.3 is 10.1 Å². The van der Waals surface area contributed by atoms with Crippen LogP contribution in [0.1, 0.15) is 12.8 Å². The Hall–Kier alpha value is -0.280. The van der Waals surface area contributed by atoms with Crippen molar-refractivity contribution in [3.8, 4) is 0 Å². The van der Waals surface area contributed by atoms with Gasteiger partial charge in [-0.2, -0.15) is 0 Å². The monoisotopic (exact) mass is 191 g/mol. The van der Waals surface area contributed by atoms with E-state index in [2.05, 4.69) is 5.32 Å². The van der Waals surface area contributed by atoms with Gasteiger partial charge in [-0.15, -0.1) is 11.6 Å². The lowest BCUT2D eigenvalue weighted by Gasteiger charge is -2.08. The van der Waals surface area contributed by atoms with Gasteiger partial charge in [0, 0.05) is 19.6 Å². The summed E-state index contributed by atoms with van der Waals surface area (Å²) in [5.74, 6) is 0.396. The smallest absolute Gasteiger partial charge is 0.223 e. The van der Waals surface area contributed by atoms with Crippen LogP contribution in [0.2, 0.25) is 0 Å². The van der Waals surface area contributed by atoms with Crippen molar-refractivity contribution in [1.29, 1.82) is 0 Å². The first-order valence-electron chi connectivity index (χ1n) is 4.14. The summed E-state index contributed by atoms with van der Waals surface area (Å²) in [4.78, 5) is 11.1. The molecular formula is C8H14ClNO2. The molecule has 0 radical (unpaired) electrons. The van der Waals surface area contributed by atoms with Crippen LogP contribution in [0.25, 0.3) is 0 Å². The Morgan fingerprint density at radius 3 is 2.92 bits per heavy atom. The molecule has 12 heavy (non-hydrogen) atoms. The van der Waals surface area contributed by atoms with Crippen LogP contribution in [0.3, 0.4) is 0 Å². The molecule has 3 nitrogen and oxygen atoms in total. The highest BCUT2D eigenvalue weighted by Gasteiger charge is 2.29. The number of alkyl halides is 1. The van der Waals surface area contributed by atoms with E-state index in [-0.39, 0.29) is 17.2 Å². The standard InChI is InChI=1S/C8H14ClNO2/c1-12-5-7(9)4-10-8(11)6-2-3-6/h6-7H,2-5H2,1H3,(H,10,11). The van der Waals surface area contributed by atoms with Gasteiger partial charge in [0.1, 0.15) is 0 Å². The van der Waals surface area contributed by atoms with Gasteiger partial charge in [-0.1, -0.05) is 0 Å². The van der Waals surface area contributed by atoms with Crippen molar-refractivity contribution in [3.63, 3.8) is 0 Å². The number of halogens is 1. The number of carbonyl (C=O) groups excluding carboxylic acids is 1. The first kappa shape index (κ1) is 9.81. The number of hydrogen-bond donors (Lipinski definition) is 1.